The summed E-state index contributed by atoms with van der Waals surface area (Å²) in [4.78, 5) is 37.4. The average molecular weight is 305 g/mol. The van der Waals surface area contributed by atoms with Crippen molar-refractivity contribution in [3.8, 4) is 0 Å². The monoisotopic (exact) mass is 305 g/mol. The fourth-order valence-electron chi connectivity index (χ4n) is 1.93. The highest BCUT2D eigenvalue weighted by molar-refractivity contribution is 5.78. The normalized spacial score (nSPS) is 10.9. The number of nitrogens with one attached hydrogen (secondary N) is 2. The summed E-state index contributed by atoms with van der Waals surface area (Å²) in [5.41, 5.74) is 0.163. The van der Waals surface area contributed by atoms with Crippen LogP contribution in [-0.2, 0) is 24.8 Å². The van der Waals surface area contributed by atoms with Gasteiger partial charge < -0.3 is 10.3 Å². The zero-order valence-electron chi connectivity index (χ0n) is 12.8. The first-order chi connectivity index (χ1) is 10.4. The fourth-order valence-corrected chi connectivity index (χ4v) is 1.93. The topological polar surface area (TPSA) is 102 Å². The Morgan fingerprint density at radius 1 is 1.41 bits per heavy atom. The molecule has 0 aromatic carbocycles. The van der Waals surface area contributed by atoms with E-state index in [2.05, 4.69) is 15.4 Å². The number of H-pyrrole nitrogens is 1. The van der Waals surface area contributed by atoms with Gasteiger partial charge in [-0.15, -0.1) is 0 Å². The molecule has 2 N–H and O–H groups in total. The number of hydrogen-bond donors (Lipinski definition) is 2. The molecule has 0 aliphatic carbocycles. The van der Waals surface area contributed by atoms with Crippen LogP contribution in [0.15, 0.2) is 28.2 Å². The molecule has 8 nitrogen and oxygen atoms in total. The van der Waals surface area contributed by atoms with Gasteiger partial charge in [0.15, 0.2) is 0 Å². The van der Waals surface area contributed by atoms with Crippen LogP contribution >= 0.6 is 0 Å². The molecule has 0 atom stereocenters. The third kappa shape index (κ3) is 3.51. The van der Waals surface area contributed by atoms with Crippen molar-refractivity contribution in [1.82, 2.24) is 24.6 Å². The van der Waals surface area contributed by atoms with Crippen LogP contribution in [0.1, 0.15) is 31.0 Å². The molecule has 1 amide bonds. The van der Waals surface area contributed by atoms with Crippen LogP contribution < -0.4 is 16.6 Å². The molecule has 0 fully saturated rings. The molecule has 22 heavy (non-hydrogen) atoms. The van der Waals surface area contributed by atoms with E-state index in [-0.39, 0.29) is 23.9 Å². The summed E-state index contributed by atoms with van der Waals surface area (Å²) < 4.78 is 2.74. The molecule has 0 aliphatic heterocycles. The summed E-state index contributed by atoms with van der Waals surface area (Å²) in [6.07, 6.45) is 4.76. The number of hydrogen-bond acceptors (Lipinski definition) is 4. The van der Waals surface area contributed by atoms with Crippen molar-refractivity contribution in [3.05, 3.63) is 50.6 Å². The van der Waals surface area contributed by atoms with Gasteiger partial charge in [0.1, 0.15) is 0 Å². The number of aromatic nitrogens is 4. The predicted molar refractivity (Wildman–Crippen MR) is 80.5 cm³/mol. The van der Waals surface area contributed by atoms with Gasteiger partial charge in [0.25, 0.3) is 5.56 Å². The summed E-state index contributed by atoms with van der Waals surface area (Å²) >= 11 is 0. The molecule has 0 saturated heterocycles. The summed E-state index contributed by atoms with van der Waals surface area (Å²) in [5, 5.41) is 6.91. The minimum Gasteiger partial charge on any atom is -0.352 e. The Morgan fingerprint density at radius 2 is 2.14 bits per heavy atom. The summed E-state index contributed by atoms with van der Waals surface area (Å²) in [5.74, 6) is -0.290. The van der Waals surface area contributed by atoms with E-state index in [1.165, 1.54) is 13.2 Å². The van der Waals surface area contributed by atoms with Crippen molar-refractivity contribution in [1.29, 1.82) is 0 Å². The third-order valence-corrected chi connectivity index (χ3v) is 3.28. The molecule has 0 radical (unpaired) electrons. The first-order valence-electron chi connectivity index (χ1n) is 6.96. The first kappa shape index (κ1) is 15.7. The molecule has 0 aliphatic rings. The van der Waals surface area contributed by atoms with Crippen molar-refractivity contribution >= 4 is 5.91 Å². The maximum absolute atomic E-state index is 11.9. The highest BCUT2D eigenvalue weighted by atomic mass is 16.2. The average Bonchev–Trinajstić information content (AvgIpc) is 2.95. The van der Waals surface area contributed by atoms with Gasteiger partial charge in [0, 0.05) is 43.2 Å². The van der Waals surface area contributed by atoms with Crippen molar-refractivity contribution in [2.45, 2.75) is 32.9 Å². The van der Waals surface area contributed by atoms with Gasteiger partial charge >= 0.3 is 5.69 Å². The third-order valence-electron chi connectivity index (χ3n) is 3.28. The SMILES string of the molecule is CC(C)n1cc(CNC(=O)Cc2c[nH]c(=O)n(C)c2=O)cn1. The number of rotatable bonds is 5. The quantitative estimate of drug-likeness (QED) is 0.792. The van der Waals surface area contributed by atoms with E-state index in [1.807, 2.05) is 20.0 Å². The van der Waals surface area contributed by atoms with Crippen LogP contribution in [0, 0.1) is 0 Å². The van der Waals surface area contributed by atoms with Crippen LogP contribution in [-0.4, -0.2) is 25.2 Å². The van der Waals surface area contributed by atoms with E-state index in [4.69, 9.17) is 0 Å². The lowest BCUT2D eigenvalue weighted by atomic mass is 10.2. The molecule has 0 unspecified atom stereocenters. The van der Waals surface area contributed by atoms with Crippen molar-refractivity contribution < 1.29 is 4.79 Å². The standard InChI is InChI=1S/C14H19N5O3/c1-9(2)19-8-10(6-17-19)5-15-12(20)4-11-7-16-14(22)18(3)13(11)21/h6-9H,4-5H2,1-3H3,(H,15,20)(H,16,22). The Morgan fingerprint density at radius 3 is 2.77 bits per heavy atom. The van der Waals surface area contributed by atoms with Crippen LogP contribution in [0.25, 0.3) is 0 Å². The number of amides is 1. The van der Waals surface area contributed by atoms with Gasteiger partial charge in [-0.05, 0) is 13.8 Å². The van der Waals surface area contributed by atoms with E-state index in [1.54, 1.807) is 10.9 Å². The van der Waals surface area contributed by atoms with Crippen molar-refractivity contribution in [2.75, 3.05) is 0 Å². The number of nitrogens with zero attached hydrogens (tertiary/aromatic N) is 3. The van der Waals surface area contributed by atoms with Gasteiger partial charge in [0.2, 0.25) is 5.91 Å². The molecule has 118 valence electrons. The Labute approximate surface area is 126 Å². The number of carbonyl (C=O) groups is 1. The lowest BCUT2D eigenvalue weighted by Crippen LogP contribution is -2.36. The molecular weight excluding hydrogens is 286 g/mol. The van der Waals surface area contributed by atoms with Gasteiger partial charge in [-0.2, -0.15) is 5.10 Å². The first-order valence-corrected chi connectivity index (χ1v) is 6.96. The Bertz CT molecular complexity index is 784. The maximum atomic E-state index is 11.9. The molecular formula is C14H19N5O3. The molecule has 0 spiro atoms. The second-order valence-electron chi connectivity index (χ2n) is 5.36. The van der Waals surface area contributed by atoms with Crippen LogP contribution in [0.5, 0.6) is 0 Å². The fraction of sp³-hybridized carbons (Fsp3) is 0.429. The van der Waals surface area contributed by atoms with E-state index >= 15 is 0 Å². The zero-order chi connectivity index (χ0) is 16.3. The van der Waals surface area contributed by atoms with Gasteiger partial charge in [-0.25, -0.2) is 4.79 Å². The van der Waals surface area contributed by atoms with Crippen LogP contribution in [0.2, 0.25) is 0 Å². The van der Waals surface area contributed by atoms with Gasteiger partial charge in [-0.1, -0.05) is 0 Å². The minimum absolute atomic E-state index is 0.0816. The Balaban J connectivity index is 1.97. The number of carbonyl (C=O) groups excluding carboxylic acids is 1. The second-order valence-corrected chi connectivity index (χ2v) is 5.36. The second kappa shape index (κ2) is 6.42. The summed E-state index contributed by atoms with van der Waals surface area (Å²) in [6.45, 7) is 4.37. The van der Waals surface area contributed by atoms with Crippen LogP contribution in [0.4, 0.5) is 0 Å². The van der Waals surface area contributed by atoms with Gasteiger partial charge in [-0.3, -0.25) is 18.8 Å². The maximum Gasteiger partial charge on any atom is 0.328 e. The smallest absolute Gasteiger partial charge is 0.328 e. The van der Waals surface area contributed by atoms with Crippen LogP contribution in [0.3, 0.4) is 0 Å². The zero-order valence-corrected chi connectivity index (χ0v) is 12.8. The largest absolute Gasteiger partial charge is 0.352 e. The lowest BCUT2D eigenvalue weighted by molar-refractivity contribution is -0.120. The van der Waals surface area contributed by atoms with E-state index in [0.717, 1.165) is 10.1 Å². The number of aromatic amines is 1. The highest BCUT2D eigenvalue weighted by Gasteiger charge is 2.10. The summed E-state index contributed by atoms with van der Waals surface area (Å²) in [7, 11) is 1.36. The Kier molecular flexibility index (Phi) is 4.59. The Hall–Kier alpha value is -2.64. The molecule has 2 rings (SSSR count). The van der Waals surface area contributed by atoms with E-state index in [0.29, 0.717) is 6.54 Å². The molecule has 0 bridgehead atoms. The van der Waals surface area contributed by atoms with Crippen molar-refractivity contribution in [3.63, 3.8) is 0 Å². The molecule has 2 heterocycles. The highest BCUT2D eigenvalue weighted by Crippen LogP contribution is 2.04. The lowest BCUT2D eigenvalue weighted by Gasteiger charge is -2.05. The van der Waals surface area contributed by atoms with E-state index < -0.39 is 11.2 Å². The summed E-state index contributed by atoms with van der Waals surface area (Å²) in [6, 6.07) is 0.258. The molecule has 8 heteroatoms. The predicted octanol–water partition coefficient (Wildman–Crippen LogP) is -0.290. The molecule has 2 aromatic heterocycles. The molecule has 0 saturated carbocycles. The van der Waals surface area contributed by atoms with Gasteiger partial charge in [0.05, 0.1) is 12.6 Å². The molecule has 2 aromatic rings. The minimum atomic E-state index is -0.504. The van der Waals surface area contributed by atoms with Crippen molar-refractivity contribution in [2.24, 2.45) is 7.05 Å². The van der Waals surface area contributed by atoms with E-state index in [9.17, 15) is 14.4 Å².